The van der Waals surface area contributed by atoms with E-state index in [1.54, 1.807) is 29.2 Å². The van der Waals surface area contributed by atoms with Crippen LogP contribution >= 0.6 is 12.2 Å². The molecule has 0 aliphatic carbocycles. The van der Waals surface area contributed by atoms with Gasteiger partial charge < -0.3 is 15.0 Å². The van der Waals surface area contributed by atoms with Crippen molar-refractivity contribution >= 4 is 23.0 Å². The topological polar surface area (TPSA) is 37.4 Å². The predicted octanol–water partition coefficient (Wildman–Crippen LogP) is 3.27. The minimum atomic E-state index is -0.572. The molecule has 0 saturated heterocycles. The zero-order valence-corrected chi connectivity index (χ0v) is 11.9. The van der Waals surface area contributed by atoms with E-state index in [4.69, 9.17) is 17.0 Å². The summed E-state index contributed by atoms with van der Waals surface area (Å²) in [6.45, 7) is 0. The third-order valence-corrected chi connectivity index (χ3v) is 2.89. The first kappa shape index (κ1) is 14.2. The first-order valence-electron chi connectivity index (χ1n) is 5.93. The monoisotopic (exact) mass is 291 g/mol. The van der Waals surface area contributed by atoms with Crippen LogP contribution in [0.1, 0.15) is 0 Å². The molecule has 104 valence electrons. The van der Waals surface area contributed by atoms with Crippen molar-refractivity contribution < 1.29 is 9.13 Å². The molecule has 2 aromatic rings. The first-order valence-corrected chi connectivity index (χ1v) is 6.34. The lowest BCUT2D eigenvalue weighted by Crippen LogP contribution is -2.26. The van der Waals surface area contributed by atoms with Gasteiger partial charge in [-0.05, 0) is 42.5 Å². The fourth-order valence-corrected chi connectivity index (χ4v) is 1.53. The Hall–Kier alpha value is -2.21. The minimum Gasteiger partial charge on any atom is -0.439 e. The van der Waals surface area contributed by atoms with Crippen molar-refractivity contribution in [2.45, 2.75) is 0 Å². The second-order valence-electron chi connectivity index (χ2n) is 4.25. The Morgan fingerprint density at radius 1 is 1.20 bits per heavy atom. The Bertz CT molecular complexity index is 602. The van der Waals surface area contributed by atoms with Crippen LogP contribution in [0, 0.1) is 5.95 Å². The molecule has 0 amide bonds. The van der Waals surface area contributed by atoms with Crippen LogP contribution in [-0.2, 0) is 0 Å². The van der Waals surface area contributed by atoms with Crippen molar-refractivity contribution in [2.24, 2.45) is 0 Å². The number of aromatic nitrogens is 1. The van der Waals surface area contributed by atoms with Gasteiger partial charge in [-0.25, -0.2) is 0 Å². The molecule has 0 saturated carbocycles. The van der Waals surface area contributed by atoms with Gasteiger partial charge >= 0.3 is 0 Å². The van der Waals surface area contributed by atoms with Gasteiger partial charge in [-0.1, -0.05) is 6.07 Å². The maximum absolute atomic E-state index is 12.9. The Kier molecular flexibility index (Phi) is 4.47. The summed E-state index contributed by atoms with van der Waals surface area (Å²) in [5.74, 6) is 0.219. The summed E-state index contributed by atoms with van der Waals surface area (Å²) in [4.78, 5) is 5.43. The van der Waals surface area contributed by atoms with E-state index in [-0.39, 0.29) is 5.88 Å². The molecule has 0 fully saturated rings. The number of halogens is 1. The number of pyridine rings is 1. The van der Waals surface area contributed by atoms with Gasteiger partial charge in [0, 0.05) is 25.8 Å². The van der Waals surface area contributed by atoms with Crippen molar-refractivity contribution in [3.05, 3.63) is 48.4 Å². The van der Waals surface area contributed by atoms with E-state index in [1.165, 1.54) is 6.07 Å². The lowest BCUT2D eigenvalue weighted by atomic mass is 10.3. The maximum atomic E-state index is 12.9. The van der Waals surface area contributed by atoms with E-state index >= 15 is 0 Å². The Morgan fingerprint density at radius 2 is 1.90 bits per heavy atom. The minimum absolute atomic E-state index is 0.217. The molecule has 0 bridgehead atoms. The van der Waals surface area contributed by atoms with Gasteiger partial charge in [0.25, 0.3) is 0 Å². The van der Waals surface area contributed by atoms with Gasteiger partial charge in [-0.2, -0.15) is 9.37 Å². The first-order chi connectivity index (χ1) is 9.54. The van der Waals surface area contributed by atoms with Gasteiger partial charge in [0.2, 0.25) is 11.8 Å². The molecule has 1 aromatic heterocycles. The number of thiocarbonyl (C=S) groups is 1. The lowest BCUT2D eigenvalue weighted by Gasteiger charge is -2.15. The van der Waals surface area contributed by atoms with Crippen molar-refractivity contribution in [2.75, 3.05) is 19.4 Å². The normalized spacial score (nSPS) is 9.95. The highest BCUT2D eigenvalue weighted by Crippen LogP contribution is 2.21. The van der Waals surface area contributed by atoms with Crippen LogP contribution < -0.4 is 10.1 Å². The van der Waals surface area contributed by atoms with Crippen LogP contribution in [0.4, 0.5) is 10.1 Å². The highest BCUT2D eigenvalue weighted by atomic mass is 32.1. The van der Waals surface area contributed by atoms with Crippen LogP contribution in [0.5, 0.6) is 11.6 Å². The molecule has 6 heteroatoms. The zero-order valence-electron chi connectivity index (χ0n) is 11.1. The molecule has 4 nitrogen and oxygen atoms in total. The molecule has 0 radical (unpaired) electrons. The van der Waals surface area contributed by atoms with Crippen LogP contribution in [0.25, 0.3) is 0 Å². The number of rotatable bonds is 3. The lowest BCUT2D eigenvalue weighted by molar-refractivity contribution is 0.445. The van der Waals surface area contributed by atoms with Gasteiger partial charge in [-0.3, -0.25) is 0 Å². The molecular weight excluding hydrogens is 277 g/mol. The van der Waals surface area contributed by atoms with Crippen LogP contribution in [-0.4, -0.2) is 29.1 Å². The SMILES string of the molecule is CN(C)C(=S)Nc1ccc(Oc2cccc(F)n2)cc1. The van der Waals surface area contributed by atoms with Gasteiger partial charge in [-0.15, -0.1) is 0 Å². The summed E-state index contributed by atoms with van der Waals surface area (Å²) in [5.41, 5.74) is 0.850. The van der Waals surface area contributed by atoms with E-state index in [2.05, 4.69) is 10.3 Å². The van der Waals surface area contributed by atoms with Crippen molar-refractivity contribution in [1.29, 1.82) is 0 Å². The summed E-state index contributed by atoms with van der Waals surface area (Å²) in [6.07, 6.45) is 0. The number of hydrogen-bond acceptors (Lipinski definition) is 3. The highest BCUT2D eigenvalue weighted by molar-refractivity contribution is 7.80. The molecule has 1 heterocycles. The van der Waals surface area contributed by atoms with Gasteiger partial charge in [0.15, 0.2) is 5.11 Å². The number of nitrogens with zero attached hydrogens (tertiary/aromatic N) is 2. The van der Waals surface area contributed by atoms with E-state index in [1.807, 2.05) is 26.2 Å². The average molecular weight is 291 g/mol. The molecule has 1 N–H and O–H groups in total. The summed E-state index contributed by atoms with van der Waals surface area (Å²) in [7, 11) is 3.73. The Morgan fingerprint density at radius 3 is 2.50 bits per heavy atom. The fourth-order valence-electron chi connectivity index (χ4n) is 1.41. The zero-order chi connectivity index (χ0) is 14.5. The second-order valence-corrected chi connectivity index (χ2v) is 4.64. The quantitative estimate of drug-likeness (QED) is 0.694. The van der Waals surface area contributed by atoms with E-state index in [9.17, 15) is 4.39 Å². The highest BCUT2D eigenvalue weighted by Gasteiger charge is 2.02. The maximum Gasteiger partial charge on any atom is 0.221 e. The molecule has 0 aliphatic rings. The third kappa shape index (κ3) is 3.89. The molecular formula is C14H14FN3OS. The van der Waals surface area contributed by atoms with Crippen molar-refractivity contribution in [3.63, 3.8) is 0 Å². The molecule has 1 aromatic carbocycles. The fraction of sp³-hybridized carbons (Fsp3) is 0.143. The smallest absolute Gasteiger partial charge is 0.221 e. The van der Waals surface area contributed by atoms with Crippen molar-refractivity contribution in [1.82, 2.24) is 9.88 Å². The number of benzene rings is 1. The van der Waals surface area contributed by atoms with Crippen LogP contribution in [0.3, 0.4) is 0 Å². The molecule has 2 rings (SSSR count). The number of nitrogens with one attached hydrogen (secondary N) is 1. The number of anilines is 1. The molecule has 0 unspecified atom stereocenters. The average Bonchev–Trinajstić information content (AvgIpc) is 2.41. The number of ether oxygens (including phenoxy) is 1. The molecule has 0 aliphatic heterocycles. The Labute approximate surface area is 122 Å². The van der Waals surface area contributed by atoms with Crippen LogP contribution in [0.15, 0.2) is 42.5 Å². The third-order valence-electron chi connectivity index (χ3n) is 2.42. The van der Waals surface area contributed by atoms with Gasteiger partial charge in [0.05, 0.1) is 0 Å². The predicted molar refractivity (Wildman–Crippen MR) is 80.6 cm³/mol. The molecule has 20 heavy (non-hydrogen) atoms. The summed E-state index contributed by atoms with van der Waals surface area (Å²) in [5, 5.41) is 3.68. The largest absolute Gasteiger partial charge is 0.439 e. The number of hydrogen-bond donors (Lipinski definition) is 1. The summed E-state index contributed by atoms with van der Waals surface area (Å²) >= 11 is 5.14. The molecule has 0 spiro atoms. The second kappa shape index (κ2) is 6.29. The van der Waals surface area contributed by atoms with Crippen molar-refractivity contribution in [3.8, 4) is 11.6 Å². The summed E-state index contributed by atoms with van der Waals surface area (Å²) in [6, 6.07) is 11.6. The van der Waals surface area contributed by atoms with Gasteiger partial charge in [0.1, 0.15) is 5.75 Å². The van der Waals surface area contributed by atoms with E-state index in [0.717, 1.165) is 5.69 Å². The van der Waals surface area contributed by atoms with E-state index in [0.29, 0.717) is 10.9 Å². The molecule has 0 atom stereocenters. The standard InChI is InChI=1S/C14H14FN3OS/c1-18(2)14(20)16-10-6-8-11(9-7-10)19-13-5-3-4-12(15)17-13/h3-9H,1-2H3,(H,16,20). The Balaban J connectivity index is 2.03. The van der Waals surface area contributed by atoms with Crippen LogP contribution in [0.2, 0.25) is 0 Å². The van der Waals surface area contributed by atoms with E-state index < -0.39 is 5.95 Å². The summed E-state index contributed by atoms with van der Waals surface area (Å²) < 4.78 is 18.4.